The van der Waals surface area contributed by atoms with Crippen LogP contribution in [-0.4, -0.2) is 15.6 Å². The molecule has 0 radical (unpaired) electrons. The monoisotopic (exact) mass is 437 g/mol. The largest absolute Gasteiger partial charge is 0.342 e. The van der Waals surface area contributed by atoms with Gasteiger partial charge in [-0.3, -0.25) is 4.79 Å². The molecule has 0 spiro atoms. The third-order valence-electron chi connectivity index (χ3n) is 5.67. The van der Waals surface area contributed by atoms with Gasteiger partial charge in [-0.25, -0.2) is 4.99 Å². The van der Waals surface area contributed by atoms with E-state index in [9.17, 15) is 4.79 Å². The highest BCUT2D eigenvalue weighted by molar-refractivity contribution is 8.18. The molecule has 0 atom stereocenters. The fourth-order valence-electron chi connectivity index (χ4n) is 3.84. The minimum absolute atomic E-state index is 0.113. The van der Waals surface area contributed by atoms with Crippen molar-refractivity contribution in [1.29, 1.82) is 0 Å². The van der Waals surface area contributed by atoms with Gasteiger partial charge in [0.15, 0.2) is 5.17 Å². The summed E-state index contributed by atoms with van der Waals surface area (Å²) in [5, 5.41) is 4.64. The van der Waals surface area contributed by atoms with E-state index in [2.05, 4.69) is 77.4 Å². The zero-order valence-electron chi connectivity index (χ0n) is 18.0. The number of para-hydroxylation sites is 1. The summed E-state index contributed by atoms with van der Waals surface area (Å²) in [6, 6.07) is 24.8. The number of nitrogens with one attached hydrogen (secondary N) is 1. The number of fused-ring (bicyclic) bond motifs is 1. The molecule has 0 saturated carbocycles. The van der Waals surface area contributed by atoms with Crippen molar-refractivity contribution in [3.05, 3.63) is 106 Å². The van der Waals surface area contributed by atoms with E-state index in [4.69, 9.17) is 0 Å². The predicted molar refractivity (Wildman–Crippen MR) is 134 cm³/mol. The van der Waals surface area contributed by atoms with Crippen LogP contribution in [-0.2, 0) is 11.3 Å². The first-order valence-corrected chi connectivity index (χ1v) is 11.4. The molecule has 0 aliphatic carbocycles. The van der Waals surface area contributed by atoms with Gasteiger partial charge in [-0.2, -0.15) is 0 Å². The normalized spacial score (nSPS) is 16.2. The molecule has 1 saturated heterocycles. The summed E-state index contributed by atoms with van der Waals surface area (Å²) in [7, 11) is 0. The number of nitrogens with zero attached hydrogens (tertiary/aromatic N) is 2. The summed E-state index contributed by atoms with van der Waals surface area (Å²) >= 11 is 1.38. The summed E-state index contributed by atoms with van der Waals surface area (Å²) in [5.41, 5.74) is 6.67. The first-order valence-electron chi connectivity index (χ1n) is 10.6. The molecule has 5 rings (SSSR count). The Hall–Kier alpha value is -3.57. The number of hydrogen-bond donors (Lipinski definition) is 1. The van der Waals surface area contributed by atoms with E-state index < -0.39 is 0 Å². The number of carbonyl (C=O) groups excluding carboxylic acids is 1. The van der Waals surface area contributed by atoms with Gasteiger partial charge in [-0.05, 0) is 66.6 Å². The lowest BCUT2D eigenvalue weighted by molar-refractivity contribution is -0.115. The smallest absolute Gasteiger partial charge is 0.264 e. The van der Waals surface area contributed by atoms with Crippen molar-refractivity contribution in [1.82, 2.24) is 9.88 Å². The average molecular weight is 438 g/mol. The van der Waals surface area contributed by atoms with Gasteiger partial charge in [0.2, 0.25) is 0 Å². The highest BCUT2D eigenvalue weighted by atomic mass is 32.2. The first kappa shape index (κ1) is 20.3. The molecule has 2 heterocycles. The topological polar surface area (TPSA) is 46.4 Å². The fraction of sp³-hybridized carbons (Fsp3) is 0.111. The van der Waals surface area contributed by atoms with Crippen LogP contribution in [0.5, 0.6) is 0 Å². The number of hydrogen-bond acceptors (Lipinski definition) is 3. The SMILES string of the molecule is Cc1ccc(N=C2NC(=O)/C(=C/c3cn(Cc4ccccc4)c4ccccc34)S2)cc1C. The molecule has 3 aromatic carbocycles. The van der Waals surface area contributed by atoms with E-state index in [1.54, 1.807) is 0 Å². The summed E-state index contributed by atoms with van der Waals surface area (Å²) in [6.45, 7) is 4.92. The Bertz CT molecular complexity index is 1380. The Labute approximate surface area is 191 Å². The van der Waals surface area contributed by atoms with Crippen LogP contribution in [0.2, 0.25) is 0 Å². The summed E-state index contributed by atoms with van der Waals surface area (Å²) in [4.78, 5) is 17.9. The molecule has 1 aliphatic heterocycles. The second-order valence-electron chi connectivity index (χ2n) is 7.97. The lowest BCUT2D eigenvalue weighted by atomic mass is 10.1. The van der Waals surface area contributed by atoms with Crippen molar-refractivity contribution in [2.75, 3.05) is 0 Å². The summed E-state index contributed by atoms with van der Waals surface area (Å²) in [5.74, 6) is -0.113. The molecule has 32 heavy (non-hydrogen) atoms. The summed E-state index contributed by atoms with van der Waals surface area (Å²) in [6.07, 6.45) is 4.09. The number of aryl methyl sites for hydroxylation is 2. The molecular formula is C27H23N3OS. The van der Waals surface area contributed by atoms with Gasteiger partial charge in [0, 0.05) is 29.2 Å². The number of rotatable bonds is 4. The average Bonchev–Trinajstić information content (AvgIpc) is 3.31. The maximum absolute atomic E-state index is 12.6. The van der Waals surface area contributed by atoms with Crippen molar-refractivity contribution in [3.8, 4) is 0 Å². The van der Waals surface area contributed by atoms with Gasteiger partial charge in [-0.15, -0.1) is 0 Å². The van der Waals surface area contributed by atoms with Crippen LogP contribution in [0.4, 0.5) is 5.69 Å². The lowest BCUT2D eigenvalue weighted by Gasteiger charge is -2.05. The van der Waals surface area contributed by atoms with Crippen molar-refractivity contribution in [3.63, 3.8) is 0 Å². The van der Waals surface area contributed by atoms with Crippen LogP contribution in [0.25, 0.3) is 17.0 Å². The molecule has 158 valence electrons. The van der Waals surface area contributed by atoms with E-state index in [1.807, 2.05) is 36.4 Å². The van der Waals surface area contributed by atoms with Gasteiger partial charge in [0.05, 0.1) is 10.6 Å². The second-order valence-corrected chi connectivity index (χ2v) is 9.00. The molecule has 5 heteroatoms. The van der Waals surface area contributed by atoms with E-state index >= 15 is 0 Å². The van der Waals surface area contributed by atoms with Crippen LogP contribution in [0.1, 0.15) is 22.3 Å². The molecule has 1 aromatic heterocycles. The standard InChI is InChI=1S/C27H23N3OS/c1-18-12-13-22(14-19(18)2)28-27-29-26(31)25(32-27)15-21-17-30(16-20-8-4-3-5-9-20)24-11-7-6-10-23(21)24/h3-15,17H,16H2,1-2H3,(H,28,29,31)/b25-15-. The number of amides is 1. The van der Waals surface area contributed by atoms with E-state index in [1.165, 1.54) is 28.5 Å². The zero-order chi connectivity index (χ0) is 22.1. The van der Waals surface area contributed by atoms with Crippen molar-refractivity contribution >= 4 is 45.5 Å². The number of aliphatic imine (C=N–C) groups is 1. The molecule has 1 fully saturated rings. The Kier molecular flexibility index (Phi) is 5.41. The number of aromatic nitrogens is 1. The molecule has 0 unspecified atom stereocenters. The second kappa shape index (κ2) is 8.52. The van der Waals surface area contributed by atoms with Crippen LogP contribution >= 0.6 is 11.8 Å². The molecule has 0 bridgehead atoms. The molecule has 1 N–H and O–H groups in total. The minimum Gasteiger partial charge on any atom is -0.342 e. The molecule has 1 aliphatic rings. The number of amidine groups is 1. The van der Waals surface area contributed by atoms with Crippen molar-refractivity contribution in [2.24, 2.45) is 4.99 Å². The molecule has 4 nitrogen and oxygen atoms in total. The Morgan fingerprint density at radius 1 is 0.969 bits per heavy atom. The van der Waals surface area contributed by atoms with Crippen LogP contribution in [0, 0.1) is 13.8 Å². The number of benzene rings is 3. The fourth-order valence-corrected chi connectivity index (χ4v) is 4.67. The zero-order valence-corrected chi connectivity index (χ0v) is 18.8. The van der Waals surface area contributed by atoms with Gasteiger partial charge < -0.3 is 9.88 Å². The van der Waals surface area contributed by atoms with Gasteiger partial charge in [0.25, 0.3) is 5.91 Å². The van der Waals surface area contributed by atoms with Crippen LogP contribution in [0.3, 0.4) is 0 Å². The van der Waals surface area contributed by atoms with Gasteiger partial charge in [-0.1, -0.05) is 54.6 Å². The third-order valence-corrected chi connectivity index (χ3v) is 6.58. The Balaban J connectivity index is 1.47. The van der Waals surface area contributed by atoms with E-state index in [-0.39, 0.29) is 5.91 Å². The molecule has 1 amide bonds. The maximum Gasteiger partial charge on any atom is 0.264 e. The number of carbonyl (C=O) groups is 1. The molecule has 4 aromatic rings. The van der Waals surface area contributed by atoms with Crippen LogP contribution < -0.4 is 5.32 Å². The Morgan fingerprint density at radius 3 is 2.56 bits per heavy atom. The Morgan fingerprint density at radius 2 is 1.75 bits per heavy atom. The van der Waals surface area contributed by atoms with Gasteiger partial charge >= 0.3 is 0 Å². The lowest BCUT2D eigenvalue weighted by Crippen LogP contribution is -2.19. The maximum atomic E-state index is 12.6. The predicted octanol–water partition coefficient (Wildman–Crippen LogP) is 6.20. The van der Waals surface area contributed by atoms with E-state index in [0.717, 1.165) is 28.7 Å². The summed E-state index contributed by atoms with van der Waals surface area (Å²) < 4.78 is 2.23. The molecular weight excluding hydrogens is 414 g/mol. The highest BCUT2D eigenvalue weighted by Crippen LogP contribution is 2.31. The van der Waals surface area contributed by atoms with Crippen LogP contribution in [0.15, 0.2) is 88.9 Å². The first-order chi connectivity index (χ1) is 15.6. The van der Waals surface area contributed by atoms with Crippen molar-refractivity contribution in [2.45, 2.75) is 20.4 Å². The quantitative estimate of drug-likeness (QED) is 0.387. The highest BCUT2D eigenvalue weighted by Gasteiger charge is 2.24. The van der Waals surface area contributed by atoms with Crippen molar-refractivity contribution < 1.29 is 4.79 Å². The van der Waals surface area contributed by atoms with Gasteiger partial charge in [0.1, 0.15) is 0 Å². The minimum atomic E-state index is -0.113. The number of thioether (sulfide) groups is 1. The van der Waals surface area contributed by atoms with E-state index in [0.29, 0.717) is 10.1 Å². The third kappa shape index (κ3) is 4.12.